The van der Waals surface area contributed by atoms with Gasteiger partial charge in [-0.3, -0.25) is 4.99 Å². The first-order chi connectivity index (χ1) is 11.3. The van der Waals surface area contributed by atoms with E-state index in [1.165, 1.54) is 16.9 Å². The van der Waals surface area contributed by atoms with Gasteiger partial charge in [0.05, 0.1) is 6.04 Å². The number of nitrogens with one attached hydrogen (secondary N) is 2. The van der Waals surface area contributed by atoms with Crippen LogP contribution < -0.4 is 10.6 Å². The molecule has 1 aromatic carbocycles. The van der Waals surface area contributed by atoms with Gasteiger partial charge >= 0.3 is 0 Å². The number of guanidine groups is 1. The third-order valence-electron chi connectivity index (χ3n) is 4.30. The average molecular weight is 327 g/mol. The fourth-order valence-corrected chi connectivity index (χ4v) is 3.63. The van der Waals surface area contributed by atoms with Gasteiger partial charge in [-0.05, 0) is 49.1 Å². The normalized spacial score (nSPS) is 21.7. The van der Waals surface area contributed by atoms with Crippen LogP contribution >= 0.6 is 11.3 Å². The van der Waals surface area contributed by atoms with Crippen LogP contribution in [0.2, 0.25) is 0 Å². The molecule has 0 spiro atoms. The summed E-state index contributed by atoms with van der Waals surface area (Å²) in [5, 5.41) is 8.98. The van der Waals surface area contributed by atoms with Gasteiger partial charge in [0.25, 0.3) is 0 Å². The van der Waals surface area contributed by atoms with Crippen LogP contribution in [0.25, 0.3) is 0 Å². The molecule has 1 aliphatic rings. The second-order valence-electron chi connectivity index (χ2n) is 6.11. The number of thiophene rings is 1. The number of benzene rings is 1. The number of nitrogens with zero attached hydrogens (tertiary/aromatic N) is 1. The first-order valence-corrected chi connectivity index (χ1v) is 9.29. The van der Waals surface area contributed by atoms with Crippen molar-refractivity contribution in [3.63, 3.8) is 0 Å². The molecule has 0 radical (unpaired) electrons. The van der Waals surface area contributed by atoms with Gasteiger partial charge in [0.15, 0.2) is 5.96 Å². The van der Waals surface area contributed by atoms with E-state index in [1.54, 1.807) is 11.3 Å². The monoisotopic (exact) mass is 327 g/mol. The molecule has 1 aliphatic carbocycles. The van der Waals surface area contributed by atoms with Crippen LogP contribution in [-0.2, 0) is 0 Å². The van der Waals surface area contributed by atoms with Crippen LogP contribution in [0.15, 0.2) is 52.8 Å². The highest BCUT2D eigenvalue weighted by Gasteiger charge is 2.37. The zero-order valence-electron chi connectivity index (χ0n) is 13.8. The molecular formula is C19H25N3S. The Morgan fingerprint density at radius 3 is 2.78 bits per heavy atom. The molecule has 2 N–H and O–H groups in total. The summed E-state index contributed by atoms with van der Waals surface area (Å²) >= 11 is 1.78. The lowest BCUT2D eigenvalue weighted by Gasteiger charge is -2.16. The van der Waals surface area contributed by atoms with Crippen molar-refractivity contribution in [2.24, 2.45) is 10.9 Å². The van der Waals surface area contributed by atoms with Gasteiger partial charge in [0, 0.05) is 18.0 Å². The summed E-state index contributed by atoms with van der Waals surface area (Å²) < 4.78 is 0. The van der Waals surface area contributed by atoms with Gasteiger partial charge in [-0.2, -0.15) is 0 Å². The molecule has 1 aromatic heterocycles. The van der Waals surface area contributed by atoms with Crippen molar-refractivity contribution in [1.29, 1.82) is 0 Å². The number of hydrogen-bond acceptors (Lipinski definition) is 2. The largest absolute Gasteiger partial charge is 0.357 e. The van der Waals surface area contributed by atoms with E-state index in [2.05, 4.69) is 72.3 Å². The van der Waals surface area contributed by atoms with E-state index in [0.717, 1.165) is 19.0 Å². The minimum Gasteiger partial charge on any atom is -0.357 e. The highest BCUT2D eigenvalue weighted by molar-refractivity contribution is 7.10. The topological polar surface area (TPSA) is 36.4 Å². The smallest absolute Gasteiger partial charge is 0.191 e. The van der Waals surface area contributed by atoms with Crippen molar-refractivity contribution >= 4 is 17.3 Å². The van der Waals surface area contributed by atoms with Crippen molar-refractivity contribution in [2.75, 3.05) is 13.1 Å². The Labute approximate surface area is 142 Å². The van der Waals surface area contributed by atoms with E-state index in [-0.39, 0.29) is 6.04 Å². The minimum absolute atomic E-state index is 0.289. The Morgan fingerprint density at radius 2 is 2.09 bits per heavy atom. The van der Waals surface area contributed by atoms with Crippen LogP contribution in [-0.4, -0.2) is 19.0 Å². The highest BCUT2D eigenvalue weighted by atomic mass is 32.1. The quantitative estimate of drug-likeness (QED) is 0.617. The SMILES string of the molecule is CCNC(=NCC1CC1c1ccccc1)NC(C)c1cccs1. The third kappa shape index (κ3) is 4.35. The van der Waals surface area contributed by atoms with E-state index in [0.29, 0.717) is 11.8 Å². The zero-order valence-corrected chi connectivity index (χ0v) is 14.6. The first kappa shape index (κ1) is 16.1. The summed E-state index contributed by atoms with van der Waals surface area (Å²) in [5.74, 6) is 2.30. The maximum atomic E-state index is 4.80. The van der Waals surface area contributed by atoms with E-state index in [4.69, 9.17) is 4.99 Å². The number of hydrogen-bond donors (Lipinski definition) is 2. The Kier molecular flexibility index (Phi) is 5.34. The summed E-state index contributed by atoms with van der Waals surface area (Å²) in [6.45, 7) is 6.07. The molecule has 3 unspecified atom stereocenters. The van der Waals surface area contributed by atoms with Crippen LogP contribution in [0.5, 0.6) is 0 Å². The molecule has 3 nitrogen and oxygen atoms in total. The van der Waals surface area contributed by atoms with Gasteiger partial charge in [-0.1, -0.05) is 36.4 Å². The Bertz CT molecular complexity index is 621. The first-order valence-electron chi connectivity index (χ1n) is 8.41. The van der Waals surface area contributed by atoms with E-state index >= 15 is 0 Å². The van der Waals surface area contributed by atoms with Crippen molar-refractivity contribution in [2.45, 2.75) is 32.2 Å². The minimum atomic E-state index is 0.289. The molecule has 4 heteroatoms. The van der Waals surface area contributed by atoms with Gasteiger partial charge in [0.2, 0.25) is 0 Å². The zero-order chi connectivity index (χ0) is 16.1. The number of rotatable bonds is 6. The molecule has 122 valence electrons. The summed E-state index contributed by atoms with van der Waals surface area (Å²) in [6, 6.07) is 15.3. The van der Waals surface area contributed by atoms with Crippen LogP contribution in [0.3, 0.4) is 0 Å². The fourth-order valence-electron chi connectivity index (χ4n) is 2.90. The third-order valence-corrected chi connectivity index (χ3v) is 5.36. The van der Waals surface area contributed by atoms with E-state index in [9.17, 15) is 0 Å². The molecule has 23 heavy (non-hydrogen) atoms. The maximum absolute atomic E-state index is 4.80. The average Bonchev–Trinajstić information content (AvgIpc) is 3.13. The molecule has 3 atom stereocenters. The molecule has 1 fully saturated rings. The summed E-state index contributed by atoms with van der Waals surface area (Å²) in [4.78, 5) is 6.14. The van der Waals surface area contributed by atoms with Crippen LogP contribution in [0, 0.1) is 5.92 Å². The van der Waals surface area contributed by atoms with Gasteiger partial charge in [-0.25, -0.2) is 0 Å². The Morgan fingerprint density at radius 1 is 1.26 bits per heavy atom. The predicted molar refractivity (Wildman–Crippen MR) is 99.1 cm³/mol. The second kappa shape index (κ2) is 7.64. The lowest BCUT2D eigenvalue weighted by atomic mass is 10.1. The molecule has 0 saturated heterocycles. The molecule has 0 amide bonds. The molecule has 0 bridgehead atoms. The molecule has 1 saturated carbocycles. The van der Waals surface area contributed by atoms with Crippen LogP contribution in [0.4, 0.5) is 0 Å². The number of aliphatic imine (C=N–C) groups is 1. The predicted octanol–water partition coefficient (Wildman–Crippen LogP) is 4.17. The fraction of sp³-hybridized carbons (Fsp3) is 0.421. The molecule has 1 heterocycles. The molecular weight excluding hydrogens is 302 g/mol. The molecule has 0 aliphatic heterocycles. The van der Waals surface area contributed by atoms with Crippen molar-refractivity contribution in [1.82, 2.24) is 10.6 Å². The van der Waals surface area contributed by atoms with E-state index in [1.807, 2.05) is 0 Å². The van der Waals surface area contributed by atoms with Crippen molar-refractivity contribution in [3.05, 3.63) is 58.3 Å². The molecule has 2 aromatic rings. The van der Waals surface area contributed by atoms with Crippen molar-refractivity contribution < 1.29 is 0 Å². The van der Waals surface area contributed by atoms with E-state index < -0.39 is 0 Å². The van der Waals surface area contributed by atoms with Gasteiger partial charge in [-0.15, -0.1) is 11.3 Å². The standard InChI is InChI=1S/C19H25N3S/c1-3-20-19(22-14(2)18-10-7-11-23-18)21-13-16-12-17(16)15-8-5-4-6-9-15/h4-11,14,16-17H,3,12-13H2,1-2H3,(H2,20,21,22). The maximum Gasteiger partial charge on any atom is 0.191 e. The highest BCUT2D eigenvalue weighted by Crippen LogP contribution is 2.47. The van der Waals surface area contributed by atoms with Crippen molar-refractivity contribution in [3.8, 4) is 0 Å². The Balaban J connectivity index is 1.55. The van der Waals surface area contributed by atoms with Gasteiger partial charge < -0.3 is 10.6 Å². The lowest BCUT2D eigenvalue weighted by molar-refractivity contribution is 0.691. The summed E-state index contributed by atoms with van der Waals surface area (Å²) in [5.41, 5.74) is 1.46. The van der Waals surface area contributed by atoms with Crippen LogP contribution in [0.1, 0.15) is 42.7 Å². The second-order valence-corrected chi connectivity index (χ2v) is 7.09. The molecule has 3 rings (SSSR count). The lowest BCUT2D eigenvalue weighted by Crippen LogP contribution is -2.38. The summed E-state index contributed by atoms with van der Waals surface area (Å²) in [6.07, 6.45) is 1.26. The summed E-state index contributed by atoms with van der Waals surface area (Å²) in [7, 11) is 0. The Hall–Kier alpha value is -1.81. The van der Waals surface area contributed by atoms with Gasteiger partial charge in [0.1, 0.15) is 0 Å².